The number of likely N-dealkylation sites (tertiary alicyclic amines) is 1. The summed E-state index contributed by atoms with van der Waals surface area (Å²) in [5.41, 5.74) is 1.77. The average Bonchev–Trinajstić information content (AvgIpc) is 3.21. The molecule has 1 aliphatic rings. The van der Waals surface area contributed by atoms with Crippen LogP contribution < -0.4 is 0 Å². The Bertz CT molecular complexity index is 838. The average molecular weight is 370 g/mol. The molecule has 2 heterocycles. The van der Waals surface area contributed by atoms with E-state index in [0.717, 1.165) is 10.4 Å². The number of thiophene rings is 1. The lowest BCUT2D eigenvalue weighted by atomic mass is 9.99. The van der Waals surface area contributed by atoms with Crippen LogP contribution in [0.5, 0.6) is 0 Å². The molecule has 26 heavy (non-hydrogen) atoms. The zero-order valence-electron chi connectivity index (χ0n) is 15.1. The van der Waals surface area contributed by atoms with Crippen molar-refractivity contribution >= 4 is 28.8 Å². The van der Waals surface area contributed by atoms with Crippen LogP contribution in [0.2, 0.25) is 0 Å². The van der Waals surface area contributed by atoms with Gasteiger partial charge in [-0.05, 0) is 32.5 Å². The maximum absolute atomic E-state index is 12.7. The van der Waals surface area contributed by atoms with Crippen LogP contribution in [0, 0.1) is 6.92 Å². The van der Waals surface area contributed by atoms with Crippen LogP contribution in [0.4, 0.5) is 0 Å². The van der Waals surface area contributed by atoms with E-state index in [0.29, 0.717) is 18.7 Å². The van der Waals surface area contributed by atoms with Gasteiger partial charge in [-0.1, -0.05) is 35.9 Å². The number of rotatable bonds is 5. The molecule has 0 radical (unpaired) electrons. The fourth-order valence-corrected chi connectivity index (χ4v) is 3.87. The fourth-order valence-electron chi connectivity index (χ4n) is 3.03. The number of hydrogen-bond donors (Lipinski definition) is 1. The van der Waals surface area contributed by atoms with Crippen molar-refractivity contribution in [3.63, 3.8) is 0 Å². The molecule has 1 aromatic heterocycles. The molecule has 0 spiro atoms. The number of aliphatic hydroxyl groups excluding tert-OH is 1. The minimum atomic E-state index is -0.625. The molecule has 1 fully saturated rings. The summed E-state index contributed by atoms with van der Waals surface area (Å²) >= 11 is 1.48. The van der Waals surface area contributed by atoms with Gasteiger partial charge in [-0.3, -0.25) is 9.59 Å². The monoisotopic (exact) mass is 370 g/mol. The molecule has 1 saturated heterocycles. The van der Waals surface area contributed by atoms with Crippen LogP contribution in [0.15, 0.2) is 47.4 Å². The van der Waals surface area contributed by atoms with Gasteiger partial charge in [0, 0.05) is 23.5 Å². The Labute approximate surface area is 157 Å². The Morgan fingerprint density at radius 2 is 1.88 bits per heavy atom. The molecule has 1 atom stereocenters. The lowest BCUT2D eigenvalue weighted by molar-refractivity contribution is -0.140. The van der Waals surface area contributed by atoms with Crippen molar-refractivity contribution < 1.29 is 14.7 Å². The lowest BCUT2D eigenvalue weighted by Crippen LogP contribution is -2.35. The molecule has 1 unspecified atom stereocenters. The highest BCUT2D eigenvalue weighted by Gasteiger charge is 2.46. The summed E-state index contributed by atoms with van der Waals surface area (Å²) in [5, 5.41) is 12.7. The lowest BCUT2D eigenvalue weighted by Gasteiger charge is -2.25. The molecule has 1 aliphatic heterocycles. The van der Waals surface area contributed by atoms with E-state index >= 15 is 0 Å². The van der Waals surface area contributed by atoms with E-state index in [1.54, 1.807) is 17.0 Å². The molecule has 136 valence electrons. The summed E-state index contributed by atoms with van der Waals surface area (Å²) in [4.78, 5) is 29.8. The molecular formula is C20H22N2O3S. The van der Waals surface area contributed by atoms with Gasteiger partial charge in [0.2, 0.25) is 0 Å². The van der Waals surface area contributed by atoms with Crippen LogP contribution in [0.3, 0.4) is 0 Å². The number of Topliss-reactive ketones (excluding diaryl/α,β-unsaturated/α-hetero) is 1. The number of amides is 1. The normalized spacial score (nSPS) is 19.5. The molecule has 0 aliphatic carbocycles. The van der Waals surface area contributed by atoms with E-state index in [1.165, 1.54) is 11.3 Å². The molecule has 6 heteroatoms. The maximum atomic E-state index is 12.7. The summed E-state index contributed by atoms with van der Waals surface area (Å²) in [6.45, 7) is 3.01. The van der Waals surface area contributed by atoms with Crippen molar-refractivity contribution in [2.24, 2.45) is 0 Å². The summed E-state index contributed by atoms with van der Waals surface area (Å²) in [7, 11) is 3.84. The van der Waals surface area contributed by atoms with Gasteiger partial charge in [-0.25, -0.2) is 0 Å². The van der Waals surface area contributed by atoms with Crippen LogP contribution in [0.1, 0.15) is 22.0 Å². The minimum absolute atomic E-state index is 0.117. The summed E-state index contributed by atoms with van der Waals surface area (Å²) in [5.74, 6) is -1.30. The van der Waals surface area contributed by atoms with Gasteiger partial charge in [0.25, 0.3) is 11.7 Å². The predicted octanol–water partition coefficient (Wildman–Crippen LogP) is 3.04. The Hall–Kier alpha value is -2.44. The van der Waals surface area contributed by atoms with Crippen LogP contribution in [-0.4, -0.2) is 53.8 Å². The third kappa shape index (κ3) is 3.43. The quantitative estimate of drug-likeness (QED) is 0.499. The number of aliphatic hydroxyl groups is 1. The number of benzene rings is 1. The first-order valence-electron chi connectivity index (χ1n) is 8.43. The molecule has 1 N–H and O–H groups in total. The topological polar surface area (TPSA) is 60.9 Å². The number of carbonyl (C=O) groups excluding carboxylic acids is 2. The maximum Gasteiger partial charge on any atom is 0.295 e. The molecule has 5 nitrogen and oxygen atoms in total. The van der Waals surface area contributed by atoms with Gasteiger partial charge in [0.1, 0.15) is 5.76 Å². The van der Waals surface area contributed by atoms with Crippen molar-refractivity contribution in [2.75, 3.05) is 27.2 Å². The number of nitrogens with zero attached hydrogens (tertiary/aromatic N) is 2. The Kier molecular flexibility index (Phi) is 5.25. The number of likely N-dealkylation sites (N-methyl/N-ethyl adjacent to an activating group) is 1. The predicted molar refractivity (Wildman–Crippen MR) is 103 cm³/mol. The second-order valence-electron chi connectivity index (χ2n) is 6.68. The van der Waals surface area contributed by atoms with Crippen LogP contribution >= 0.6 is 11.3 Å². The summed E-state index contributed by atoms with van der Waals surface area (Å²) in [6.07, 6.45) is 0. The Balaban J connectivity index is 2.09. The van der Waals surface area contributed by atoms with E-state index in [1.807, 2.05) is 55.6 Å². The SMILES string of the molecule is Cc1ccc(/C(O)=C2/C(=O)C(=O)N(CCN(C)C)C2c2cccs2)cc1. The third-order valence-electron chi connectivity index (χ3n) is 4.47. The van der Waals surface area contributed by atoms with Crippen molar-refractivity contribution in [2.45, 2.75) is 13.0 Å². The summed E-state index contributed by atoms with van der Waals surface area (Å²) in [6, 6.07) is 10.5. The number of hydrogen-bond acceptors (Lipinski definition) is 5. The molecule has 0 saturated carbocycles. The van der Waals surface area contributed by atoms with Crippen molar-refractivity contribution in [1.82, 2.24) is 9.80 Å². The Morgan fingerprint density at radius 3 is 2.46 bits per heavy atom. The van der Waals surface area contributed by atoms with Gasteiger partial charge in [0.05, 0.1) is 11.6 Å². The van der Waals surface area contributed by atoms with Crippen molar-refractivity contribution in [1.29, 1.82) is 0 Å². The highest BCUT2D eigenvalue weighted by Crippen LogP contribution is 2.40. The number of carbonyl (C=O) groups is 2. The van der Waals surface area contributed by atoms with Gasteiger partial charge in [-0.2, -0.15) is 0 Å². The first-order valence-corrected chi connectivity index (χ1v) is 9.31. The summed E-state index contributed by atoms with van der Waals surface area (Å²) < 4.78 is 0. The van der Waals surface area contributed by atoms with Gasteiger partial charge in [-0.15, -0.1) is 11.3 Å². The Morgan fingerprint density at radius 1 is 1.19 bits per heavy atom. The first-order chi connectivity index (χ1) is 12.4. The van der Waals surface area contributed by atoms with Crippen LogP contribution in [0.25, 0.3) is 5.76 Å². The standard InChI is InChI=1S/C20H22N2O3S/c1-13-6-8-14(9-7-13)18(23)16-17(15-5-4-12-26-15)22(11-10-21(2)3)20(25)19(16)24/h4-9,12,17,23H,10-11H2,1-3H3/b18-16-. The van der Waals surface area contributed by atoms with Crippen molar-refractivity contribution in [3.05, 3.63) is 63.4 Å². The molecule has 2 aromatic rings. The third-order valence-corrected chi connectivity index (χ3v) is 5.39. The first kappa shape index (κ1) is 18.4. The number of aryl methyl sites for hydroxylation is 1. The molecule has 0 bridgehead atoms. The molecular weight excluding hydrogens is 348 g/mol. The van der Waals surface area contributed by atoms with Crippen LogP contribution in [-0.2, 0) is 9.59 Å². The van der Waals surface area contributed by atoms with E-state index in [4.69, 9.17) is 0 Å². The molecule has 1 aromatic carbocycles. The molecule has 1 amide bonds. The highest BCUT2D eigenvalue weighted by molar-refractivity contribution is 7.10. The highest BCUT2D eigenvalue weighted by atomic mass is 32.1. The van der Waals surface area contributed by atoms with Crippen molar-refractivity contribution in [3.8, 4) is 0 Å². The van der Waals surface area contributed by atoms with E-state index in [9.17, 15) is 14.7 Å². The zero-order chi connectivity index (χ0) is 18.8. The number of ketones is 1. The second-order valence-corrected chi connectivity index (χ2v) is 7.66. The largest absolute Gasteiger partial charge is 0.507 e. The fraction of sp³-hybridized carbons (Fsp3) is 0.300. The second kappa shape index (κ2) is 7.43. The molecule has 3 rings (SSSR count). The van der Waals surface area contributed by atoms with E-state index in [-0.39, 0.29) is 11.3 Å². The zero-order valence-corrected chi connectivity index (χ0v) is 15.9. The minimum Gasteiger partial charge on any atom is -0.507 e. The van der Waals surface area contributed by atoms with Gasteiger partial charge >= 0.3 is 0 Å². The van der Waals surface area contributed by atoms with E-state index in [2.05, 4.69) is 0 Å². The smallest absolute Gasteiger partial charge is 0.295 e. The van der Waals surface area contributed by atoms with Gasteiger partial charge in [0.15, 0.2) is 0 Å². The van der Waals surface area contributed by atoms with Gasteiger partial charge < -0.3 is 14.9 Å². The van der Waals surface area contributed by atoms with E-state index < -0.39 is 17.7 Å².